The predicted molar refractivity (Wildman–Crippen MR) is 98.8 cm³/mol. The number of aliphatic carboxylic acids is 1. The number of hydrogen-bond donors (Lipinski definition) is 3. The number of carbonyl (C=O) groups is 2. The normalized spacial score (nSPS) is 11.8. The highest BCUT2D eigenvalue weighted by atomic mass is 16.5. The molecule has 1 aromatic rings. The SMILES string of the molecule is CCCCCCCCOc1ccc(NC(=O)C(N)CCC(=O)O)cc1. The summed E-state index contributed by atoms with van der Waals surface area (Å²) in [7, 11) is 0. The predicted octanol–water partition coefficient (Wildman–Crippen LogP) is 3.56. The number of unbranched alkanes of at least 4 members (excludes halogenated alkanes) is 5. The van der Waals surface area contributed by atoms with Crippen LogP contribution in [0, 0.1) is 0 Å². The number of amides is 1. The Labute approximate surface area is 149 Å². The summed E-state index contributed by atoms with van der Waals surface area (Å²) in [5.41, 5.74) is 6.28. The molecule has 0 saturated heterocycles. The Morgan fingerprint density at radius 2 is 1.76 bits per heavy atom. The van der Waals surface area contributed by atoms with Crippen molar-refractivity contribution in [3.8, 4) is 5.75 Å². The van der Waals surface area contributed by atoms with Gasteiger partial charge in [-0.3, -0.25) is 9.59 Å². The van der Waals surface area contributed by atoms with Crippen molar-refractivity contribution in [1.29, 1.82) is 0 Å². The Kier molecular flexibility index (Phi) is 10.3. The second-order valence-electron chi connectivity index (χ2n) is 6.17. The molecule has 0 aliphatic heterocycles. The van der Waals surface area contributed by atoms with Gasteiger partial charge in [0.05, 0.1) is 12.6 Å². The molecule has 140 valence electrons. The van der Waals surface area contributed by atoms with Crippen LogP contribution in [0.2, 0.25) is 0 Å². The number of nitrogens with one attached hydrogen (secondary N) is 1. The van der Waals surface area contributed by atoms with Crippen LogP contribution in [0.5, 0.6) is 5.75 Å². The first-order chi connectivity index (χ1) is 12.0. The fourth-order valence-electron chi connectivity index (χ4n) is 2.35. The second kappa shape index (κ2) is 12.3. The summed E-state index contributed by atoms with van der Waals surface area (Å²) in [4.78, 5) is 22.4. The summed E-state index contributed by atoms with van der Waals surface area (Å²) in [6.07, 6.45) is 7.31. The molecule has 25 heavy (non-hydrogen) atoms. The van der Waals surface area contributed by atoms with Gasteiger partial charge in [0.2, 0.25) is 5.91 Å². The van der Waals surface area contributed by atoms with Crippen molar-refractivity contribution in [1.82, 2.24) is 0 Å². The van der Waals surface area contributed by atoms with E-state index in [9.17, 15) is 9.59 Å². The first-order valence-electron chi connectivity index (χ1n) is 9.04. The average Bonchev–Trinajstić information content (AvgIpc) is 2.60. The highest BCUT2D eigenvalue weighted by molar-refractivity contribution is 5.94. The van der Waals surface area contributed by atoms with Gasteiger partial charge in [0, 0.05) is 12.1 Å². The molecule has 4 N–H and O–H groups in total. The second-order valence-corrected chi connectivity index (χ2v) is 6.17. The zero-order valence-corrected chi connectivity index (χ0v) is 15.0. The maximum Gasteiger partial charge on any atom is 0.303 e. The highest BCUT2D eigenvalue weighted by Gasteiger charge is 2.14. The summed E-state index contributed by atoms with van der Waals surface area (Å²) in [5, 5.41) is 11.3. The minimum Gasteiger partial charge on any atom is -0.494 e. The molecule has 1 atom stereocenters. The molecule has 0 aliphatic rings. The first kappa shape index (κ1) is 21.0. The van der Waals surface area contributed by atoms with Gasteiger partial charge in [-0.1, -0.05) is 39.0 Å². The van der Waals surface area contributed by atoms with Crippen LogP contribution < -0.4 is 15.8 Å². The standard InChI is InChI=1S/C19H30N2O4/c1-2-3-4-5-6-7-14-25-16-10-8-15(9-11-16)21-19(24)17(20)12-13-18(22)23/h8-11,17H,2-7,12-14,20H2,1H3,(H,21,24)(H,22,23). The van der Waals surface area contributed by atoms with E-state index in [-0.39, 0.29) is 18.7 Å². The third-order valence-electron chi connectivity index (χ3n) is 3.89. The third kappa shape index (κ3) is 9.72. The van der Waals surface area contributed by atoms with Gasteiger partial charge in [0.15, 0.2) is 0 Å². The number of carboxylic acids is 1. The third-order valence-corrected chi connectivity index (χ3v) is 3.89. The molecule has 1 amide bonds. The molecule has 0 fully saturated rings. The van der Waals surface area contributed by atoms with E-state index in [4.69, 9.17) is 15.6 Å². The van der Waals surface area contributed by atoms with Gasteiger partial charge < -0.3 is 20.9 Å². The molecule has 1 aromatic carbocycles. The lowest BCUT2D eigenvalue weighted by Crippen LogP contribution is -2.36. The van der Waals surface area contributed by atoms with Crippen molar-refractivity contribution >= 4 is 17.6 Å². The summed E-state index contributed by atoms with van der Waals surface area (Å²) < 4.78 is 5.68. The first-order valence-corrected chi connectivity index (χ1v) is 9.04. The summed E-state index contributed by atoms with van der Waals surface area (Å²) >= 11 is 0. The van der Waals surface area contributed by atoms with Crippen molar-refractivity contribution < 1.29 is 19.4 Å². The molecule has 0 spiro atoms. The fourth-order valence-corrected chi connectivity index (χ4v) is 2.35. The number of anilines is 1. The van der Waals surface area contributed by atoms with Crippen molar-refractivity contribution in [2.45, 2.75) is 64.3 Å². The number of carbonyl (C=O) groups excluding carboxylic acids is 1. The maximum atomic E-state index is 11.9. The summed E-state index contributed by atoms with van der Waals surface area (Å²) in [6, 6.07) is 6.27. The highest BCUT2D eigenvalue weighted by Crippen LogP contribution is 2.17. The molecule has 0 radical (unpaired) electrons. The molecule has 6 nitrogen and oxygen atoms in total. The molecule has 1 rings (SSSR count). The summed E-state index contributed by atoms with van der Waals surface area (Å²) in [5.74, 6) is -0.584. The monoisotopic (exact) mass is 350 g/mol. The lowest BCUT2D eigenvalue weighted by Gasteiger charge is -2.12. The molecular weight excluding hydrogens is 320 g/mol. The minimum atomic E-state index is -0.963. The van der Waals surface area contributed by atoms with Crippen LogP contribution in [0.25, 0.3) is 0 Å². The lowest BCUT2D eigenvalue weighted by molar-refractivity contribution is -0.137. The number of nitrogens with two attached hydrogens (primary N) is 1. The quantitative estimate of drug-likeness (QED) is 0.472. The van der Waals surface area contributed by atoms with E-state index in [1.54, 1.807) is 24.3 Å². The number of ether oxygens (including phenoxy) is 1. The van der Waals surface area contributed by atoms with Gasteiger partial charge in [0.1, 0.15) is 5.75 Å². The molecule has 6 heteroatoms. The number of rotatable bonds is 13. The van der Waals surface area contributed by atoms with E-state index >= 15 is 0 Å². The smallest absolute Gasteiger partial charge is 0.303 e. The van der Waals surface area contributed by atoms with Crippen LogP contribution in [0.3, 0.4) is 0 Å². The van der Waals surface area contributed by atoms with Crippen LogP contribution in [0.1, 0.15) is 58.3 Å². The molecule has 0 heterocycles. The largest absolute Gasteiger partial charge is 0.494 e. The van der Waals surface area contributed by atoms with Crippen LogP contribution in [-0.4, -0.2) is 29.6 Å². The minimum absolute atomic E-state index is 0.112. The van der Waals surface area contributed by atoms with Crippen LogP contribution >= 0.6 is 0 Å². The number of benzene rings is 1. The molecular formula is C19H30N2O4. The van der Waals surface area contributed by atoms with E-state index in [0.717, 1.165) is 12.2 Å². The van der Waals surface area contributed by atoms with E-state index in [0.29, 0.717) is 12.3 Å². The molecule has 1 unspecified atom stereocenters. The Bertz CT molecular complexity index is 517. The van der Waals surface area contributed by atoms with Crippen LogP contribution in [0.15, 0.2) is 24.3 Å². The molecule has 0 saturated carbocycles. The van der Waals surface area contributed by atoms with Crippen molar-refractivity contribution in [2.24, 2.45) is 5.73 Å². The van der Waals surface area contributed by atoms with Gasteiger partial charge in [-0.25, -0.2) is 0 Å². The van der Waals surface area contributed by atoms with E-state index in [2.05, 4.69) is 12.2 Å². The van der Waals surface area contributed by atoms with Crippen LogP contribution in [-0.2, 0) is 9.59 Å². The topological polar surface area (TPSA) is 102 Å². The number of carboxylic acid groups (broad SMARTS) is 1. The van der Waals surface area contributed by atoms with Gasteiger partial charge in [-0.15, -0.1) is 0 Å². The van der Waals surface area contributed by atoms with Gasteiger partial charge in [-0.05, 0) is 37.1 Å². The Morgan fingerprint density at radius 3 is 2.40 bits per heavy atom. The van der Waals surface area contributed by atoms with Crippen LogP contribution in [0.4, 0.5) is 5.69 Å². The van der Waals surface area contributed by atoms with Gasteiger partial charge in [-0.2, -0.15) is 0 Å². The molecule has 0 bridgehead atoms. The lowest BCUT2D eigenvalue weighted by atomic mass is 10.1. The average molecular weight is 350 g/mol. The van der Waals surface area contributed by atoms with Crippen molar-refractivity contribution in [2.75, 3.05) is 11.9 Å². The zero-order chi connectivity index (χ0) is 18.5. The molecule has 0 aliphatic carbocycles. The van der Waals surface area contributed by atoms with Crippen molar-refractivity contribution in [3.05, 3.63) is 24.3 Å². The Morgan fingerprint density at radius 1 is 1.12 bits per heavy atom. The maximum absolute atomic E-state index is 11.9. The fraction of sp³-hybridized carbons (Fsp3) is 0.579. The van der Waals surface area contributed by atoms with E-state index in [1.165, 1.54) is 32.1 Å². The number of hydrogen-bond acceptors (Lipinski definition) is 4. The molecule has 0 aromatic heterocycles. The van der Waals surface area contributed by atoms with Crippen molar-refractivity contribution in [3.63, 3.8) is 0 Å². The Hall–Kier alpha value is -2.08. The van der Waals surface area contributed by atoms with E-state index in [1.807, 2.05) is 0 Å². The Balaban J connectivity index is 2.26. The zero-order valence-electron chi connectivity index (χ0n) is 15.0. The van der Waals surface area contributed by atoms with Gasteiger partial charge >= 0.3 is 5.97 Å². The van der Waals surface area contributed by atoms with E-state index < -0.39 is 12.0 Å². The summed E-state index contributed by atoms with van der Waals surface area (Å²) in [6.45, 7) is 2.90. The van der Waals surface area contributed by atoms with Gasteiger partial charge in [0.25, 0.3) is 0 Å².